The van der Waals surface area contributed by atoms with Crippen LogP contribution in [-0.2, 0) is 19.0 Å². The van der Waals surface area contributed by atoms with Gasteiger partial charge in [-0.15, -0.1) is 0 Å². The van der Waals surface area contributed by atoms with Crippen molar-refractivity contribution in [2.45, 2.75) is 32.0 Å². The largest absolute Gasteiger partial charge is 0.385 e. The highest BCUT2D eigenvalue weighted by Crippen LogP contribution is 2.31. The molecule has 0 aliphatic carbocycles. The quantitative estimate of drug-likeness (QED) is 0.821. The summed E-state index contributed by atoms with van der Waals surface area (Å²) in [5, 5.41) is 12.9. The number of halogens is 3. The van der Waals surface area contributed by atoms with Gasteiger partial charge < -0.3 is 15.0 Å². The van der Waals surface area contributed by atoms with E-state index in [4.69, 9.17) is 11.6 Å². The number of hydrogen-bond acceptors (Lipinski definition) is 3. The molecule has 1 aromatic heterocycles. The van der Waals surface area contributed by atoms with Gasteiger partial charge in [0.25, 0.3) is 5.92 Å². The summed E-state index contributed by atoms with van der Waals surface area (Å²) in [5.74, 6) is -3.32. The number of aromatic nitrogens is 2. The van der Waals surface area contributed by atoms with Gasteiger partial charge in [0, 0.05) is 25.2 Å². The predicted molar refractivity (Wildman–Crippen MR) is 81.0 cm³/mol. The van der Waals surface area contributed by atoms with Crippen molar-refractivity contribution in [3.63, 3.8) is 0 Å². The number of rotatable bonds is 7. The molecule has 2 aromatic rings. The van der Waals surface area contributed by atoms with E-state index >= 15 is 0 Å². The Morgan fingerprint density at radius 3 is 2.68 bits per heavy atom. The average Bonchev–Trinajstić information content (AvgIpc) is 2.88. The van der Waals surface area contributed by atoms with Gasteiger partial charge in [-0.3, -0.25) is 0 Å². The van der Waals surface area contributed by atoms with Gasteiger partial charge in [-0.25, -0.2) is 4.98 Å². The third kappa shape index (κ3) is 3.63. The van der Waals surface area contributed by atoms with E-state index in [1.54, 1.807) is 12.4 Å². The van der Waals surface area contributed by atoms with Gasteiger partial charge in [-0.1, -0.05) is 41.9 Å². The van der Waals surface area contributed by atoms with E-state index in [1.807, 2.05) is 11.5 Å². The highest BCUT2D eigenvalue weighted by molar-refractivity contribution is 6.30. The van der Waals surface area contributed by atoms with Crippen molar-refractivity contribution in [3.05, 3.63) is 53.1 Å². The minimum atomic E-state index is -3.32. The number of imidazole rings is 1. The highest BCUT2D eigenvalue weighted by Gasteiger charge is 2.39. The van der Waals surface area contributed by atoms with Gasteiger partial charge in [-0.05, 0) is 6.92 Å². The zero-order chi connectivity index (χ0) is 16.2. The van der Waals surface area contributed by atoms with Gasteiger partial charge in [0.15, 0.2) is 5.15 Å². The molecular weight excluding hydrogens is 312 g/mol. The van der Waals surface area contributed by atoms with Crippen molar-refractivity contribution in [2.75, 3.05) is 6.54 Å². The molecule has 2 N–H and O–H groups in total. The van der Waals surface area contributed by atoms with Crippen LogP contribution in [0.5, 0.6) is 0 Å². The molecule has 2 rings (SSSR count). The zero-order valence-corrected chi connectivity index (χ0v) is 12.9. The topological polar surface area (TPSA) is 50.1 Å². The minimum absolute atomic E-state index is 0.207. The summed E-state index contributed by atoms with van der Waals surface area (Å²) < 4.78 is 30.0. The van der Waals surface area contributed by atoms with E-state index in [1.165, 1.54) is 24.3 Å². The first kappa shape index (κ1) is 16.9. The summed E-state index contributed by atoms with van der Waals surface area (Å²) in [5.41, 5.74) is 0.500. The van der Waals surface area contributed by atoms with Crippen LogP contribution in [0.15, 0.2) is 36.7 Å². The normalized spacial score (nSPS) is 13.3. The molecule has 0 saturated heterocycles. The lowest BCUT2D eigenvalue weighted by Crippen LogP contribution is -2.39. The second kappa shape index (κ2) is 7.17. The molecule has 0 aliphatic heterocycles. The Balaban J connectivity index is 1.95. The molecule has 22 heavy (non-hydrogen) atoms. The molecule has 1 aromatic carbocycles. The lowest BCUT2D eigenvalue weighted by molar-refractivity contribution is -0.113. The van der Waals surface area contributed by atoms with Crippen LogP contribution in [0.1, 0.15) is 18.2 Å². The van der Waals surface area contributed by atoms with Crippen molar-refractivity contribution in [1.29, 1.82) is 0 Å². The van der Waals surface area contributed by atoms with E-state index < -0.39 is 12.0 Å². The first-order chi connectivity index (χ1) is 10.5. The molecule has 0 fully saturated rings. The molecule has 0 aliphatic rings. The van der Waals surface area contributed by atoms with E-state index in [0.717, 1.165) is 0 Å². The van der Waals surface area contributed by atoms with E-state index in [9.17, 15) is 13.9 Å². The van der Waals surface area contributed by atoms with Crippen LogP contribution in [0, 0.1) is 0 Å². The van der Waals surface area contributed by atoms with Crippen molar-refractivity contribution < 1.29 is 13.9 Å². The monoisotopic (exact) mass is 329 g/mol. The maximum Gasteiger partial charge on any atom is 0.299 e. The number of aliphatic hydroxyl groups excluding tert-OH is 1. The summed E-state index contributed by atoms with van der Waals surface area (Å²) in [6, 6.07) is 7.28. The van der Waals surface area contributed by atoms with Crippen LogP contribution in [0.2, 0.25) is 5.15 Å². The summed E-state index contributed by atoms with van der Waals surface area (Å²) in [6.45, 7) is 2.61. The van der Waals surface area contributed by atoms with E-state index in [-0.39, 0.29) is 18.7 Å². The Morgan fingerprint density at radius 2 is 2.05 bits per heavy atom. The first-order valence-corrected chi connectivity index (χ1v) is 7.36. The van der Waals surface area contributed by atoms with Crippen LogP contribution in [-0.4, -0.2) is 27.3 Å². The van der Waals surface area contributed by atoms with E-state index in [0.29, 0.717) is 17.4 Å². The molecule has 4 nitrogen and oxygen atoms in total. The third-order valence-electron chi connectivity index (χ3n) is 3.44. The molecule has 0 spiro atoms. The Bertz CT molecular complexity index is 604. The lowest BCUT2D eigenvalue weighted by Gasteiger charge is -2.23. The van der Waals surface area contributed by atoms with Gasteiger partial charge in [0.05, 0.1) is 12.0 Å². The molecule has 0 bridgehead atoms. The summed E-state index contributed by atoms with van der Waals surface area (Å²) in [4.78, 5) is 3.96. The number of alkyl halides is 2. The fraction of sp³-hybridized carbons (Fsp3) is 0.400. The van der Waals surface area contributed by atoms with Crippen LogP contribution < -0.4 is 5.32 Å². The van der Waals surface area contributed by atoms with Crippen molar-refractivity contribution >= 4 is 11.6 Å². The fourth-order valence-electron chi connectivity index (χ4n) is 2.14. The molecular formula is C15H18ClF2N3O. The molecule has 1 unspecified atom stereocenters. The van der Waals surface area contributed by atoms with Crippen molar-refractivity contribution in [1.82, 2.24) is 14.9 Å². The number of nitrogens with one attached hydrogen (secondary N) is 1. The first-order valence-electron chi connectivity index (χ1n) is 6.98. The summed E-state index contributed by atoms with van der Waals surface area (Å²) in [7, 11) is 0. The van der Waals surface area contributed by atoms with Gasteiger partial charge in [0.2, 0.25) is 0 Å². The Morgan fingerprint density at radius 1 is 1.36 bits per heavy atom. The maximum atomic E-state index is 14.1. The van der Waals surface area contributed by atoms with Crippen LogP contribution in [0.4, 0.5) is 8.78 Å². The molecule has 7 heteroatoms. The molecule has 0 radical (unpaired) electrons. The molecule has 1 heterocycles. The SMILES string of the molecule is CCn1cnc(Cl)c1CNCC(O)C(F)(F)c1ccccc1. The highest BCUT2D eigenvalue weighted by atomic mass is 35.5. The Hall–Kier alpha value is -1.50. The second-order valence-corrected chi connectivity index (χ2v) is 5.26. The number of hydrogen-bond donors (Lipinski definition) is 2. The number of nitrogens with zero attached hydrogens (tertiary/aromatic N) is 2. The average molecular weight is 330 g/mol. The van der Waals surface area contributed by atoms with Crippen molar-refractivity contribution in [3.8, 4) is 0 Å². The van der Waals surface area contributed by atoms with Crippen LogP contribution in [0.25, 0.3) is 0 Å². The summed E-state index contributed by atoms with van der Waals surface area (Å²) in [6.07, 6.45) is -0.236. The second-order valence-electron chi connectivity index (χ2n) is 4.90. The maximum absolute atomic E-state index is 14.1. The number of aryl methyl sites for hydroxylation is 1. The van der Waals surface area contributed by atoms with Gasteiger partial charge >= 0.3 is 0 Å². The van der Waals surface area contributed by atoms with Crippen molar-refractivity contribution in [2.24, 2.45) is 0 Å². The number of benzene rings is 1. The number of aliphatic hydroxyl groups is 1. The van der Waals surface area contributed by atoms with E-state index in [2.05, 4.69) is 10.3 Å². The molecule has 120 valence electrons. The zero-order valence-electron chi connectivity index (χ0n) is 12.1. The molecule has 0 saturated carbocycles. The Labute approximate surface area is 132 Å². The molecule has 0 amide bonds. The van der Waals surface area contributed by atoms with Gasteiger partial charge in [0.1, 0.15) is 6.10 Å². The standard InChI is InChI=1S/C15H18ClF2N3O/c1-2-21-10-20-14(16)12(21)8-19-9-13(22)15(17,18)11-6-4-3-5-7-11/h3-7,10,13,19,22H,2,8-9H2,1H3. The smallest absolute Gasteiger partial charge is 0.299 e. The molecule has 1 atom stereocenters. The third-order valence-corrected chi connectivity index (χ3v) is 3.76. The van der Waals surface area contributed by atoms with Crippen LogP contribution >= 0.6 is 11.6 Å². The minimum Gasteiger partial charge on any atom is -0.385 e. The lowest BCUT2D eigenvalue weighted by atomic mass is 10.0. The van der Waals surface area contributed by atoms with Crippen LogP contribution in [0.3, 0.4) is 0 Å². The fourth-order valence-corrected chi connectivity index (χ4v) is 2.36. The summed E-state index contributed by atoms with van der Waals surface area (Å²) >= 11 is 5.94. The Kier molecular flexibility index (Phi) is 5.50. The predicted octanol–water partition coefficient (Wildman–Crippen LogP) is 2.80. The van der Waals surface area contributed by atoms with Gasteiger partial charge in [-0.2, -0.15) is 8.78 Å².